The zero-order valence-electron chi connectivity index (χ0n) is 12.9. The van der Waals surface area contributed by atoms with Crippen LogP contribution in [0.3, 0.4) is 0 Å². The van der Waals surface area contributed by atoms with Gasteiger partial charge in [-0.15, -0.1) is 0 Å². The van der Waals surface area contributed by atoms with Gasteiger partial charge in [0, 0.05) is 12.1 Å². The van der Waals surface area contributed by atoms with E-state index in [2.05, 4.69) is 5.32 Å². The Morgan fingerprint density at radius 1 is 1.09 bits per heavy atom. The predicted molar refractivity (Wildman–Crippen MR) is 85.5 cm³/mol. The van der Waals surface area contributed by atoms with Crippen LogP contribution < -0.4 is 10.1 Å². The zero-order valence-corrected chi connectivity index (χ0v) is 12.9. The molecule has 2 atom stereocenters. The molecular formula is C18H22FNO2. The Morgan fingerprint density at radius 2 is 1.73 bits per heavy atom. The van der Waals surface area contributed by atoms with Crippen molar-refractivity contribution in [1.29, 1.82) is 0 Å². The number of ether oxygens (including phenoxy) is 1. The summed E-state index contributed by atoms with van der Waals surface area (Å²) in [6.07, 6.45) is 0.719. The molecule has 0 aromatic heterocycles. The summed E-state index contributed by atoms with van der Waals surface area (Å²) < 4.78 is 18.2. The molecule has 22 heavy (non-hydrogen) atoms. The third-order valence-electron chi connectivity index (χ3n) is 3.63. The van der Waals surface area contributed by atoms with E-state index in [0.29, 0.717) is 0 Å². The molecule has 3 nitrogen and oxygen atoms in total. The summed E-state index contributed by atoms with van der Waals surface area (Å²) in [6, 6.07) is 14.4. The molecule has 2 aromatic rings. The topological polar surface area (TPSA) is 41.5 Å². The summed E-state index contributed by atoms with van der Waals surface area (Å²) >= 11 is 0. The van der Waals surface area contributed by atoms with Gasteiger partial charge in [-0.2, -0.15) is 0 Å². The minimum atomic E-state index is -0.235. The van der Waals surface area contributed by atoms with E-state index < -0.39 is 0 Å². The van der Waals surface area contributed by atoms with Crippen molar-refractivity contribution in [3.05, 3.63) is 65.5 Å². The molecule has 0 bridgehead atoms. The third-order valence-corrected chi connectivity index (χ3v) is 3.63. The molecule has 0 aliphatic heterocycles. The van der Waals surface area contributed by atoms with Crippen LogP contribution in [0, 0.1) is 5.82 Å². The molecule has 0 heterocycles. The fraction of sp³-hybridized carbons (Fsp3) is 0.333. The molecule has 0 amide bonds. The lowest BCUT2D eigenvalue weighted by Crippen LogP contribution is -2.34. The number of hydrogen-bond acceptors (Lipinski definition) is 3. The molecule has 2 rings (SSSR count). The molecule has 0 aliphatic rings. The zero-order chi connectivity index (χ0) is 15.9. The first-order valence-corrected chi connectivity index (χ1v) is 7.37. The highest BCUT2D eigenvalue weighted by molar-refractivity contribution is 5.30. The first kappa shape index (κ1) is 16.5. The molecule has 0 saturated heterocycles. The monoisotopic (exact) mass is 303 g/mol. The van der Waals surface area contributed by atoms with Crippen LogP contribution >= 0.6 is 0 Å². The maximum Gasteiger partial charge on any atom is 0.123 e. The van der Waals surface area contributed by atoms with Crippen molar-refractivity contribution in [3.8, 4) is 5.75 Å². The minimum Gasteiger partial charge on any atom is -0.497 e. The molecule has 0 saturated carbocycles. The smallest absolute Gasteiger partial charge is 0.123 e. The van der Waals surface area contributed by atoms with Crippen molar-refractivity contribution >= 4 is 0 Å². The van der Waals surface area contributed by atoms with Crippen molar-refractivity contribution in [2.45, 2.75) is 25.4 Å². The SMILES string of the molecule is COc1ccc(C(Cc2ccc(F)cc2)NC(C)CO)cc1. The summed E-state index contributed by atoms with van der Waals surface area (Å²) in [5.74, 6) is 0.570. The van der Waals surface area contributed by atoms with Crippen molar-refractivity contribution in [3.63, 3.8) is 0 Å². The fourth-order valence-corrected chi connectivity index (χ4v) is 2.36. The van der Waals surface area contributed by atoms with Crippen LogP contribution in [0.25, 0.3) is 0 Å². The van der Waals surface area contributed by atoms with Crippen LogP contribution in [-0.2, 0) is 6.42 Å². The first-order chi connectivity index (χ1) is 10.6. The van der Waals surface area contributed by atoms with E-state index in [1.807, 2.05) is 31.2 Å². The Morgan fingerprint density at radius 3 is 2.27 bits per heavy atom. The van der Waals surface area contributed by atoms with Gasteiger partial charge in [0.25, 0.3) is 0 Å². The largest absolute Gasteiger partial charge is 0.497 e. The van der Waals surface area contributed by atoms with Gasteiger partial charge in [0.2, 0.25) is 0 Å². The number of benzene rings is 2. The highest BCUT2D eigenvalue weighted by atomic mass is 19.1. The molecule has 2 aromatic carbocycles. The lowest BCUT2D eigenvalue weighted by molar-refractivity contribution is 0.240. The van der Waals surface area contributed by atoms with Crippen LogP contribution in [0.15, 0.2) is 48.5 Å². The highest BCUT2D eigenvalue weighted by Crippen LogP contribution is 2.22. The summed E-state index contributed by atoms with van der Waals surface area (Å²) in [5, 5.41) is 12.7. The molecule has 0 fully saturated rings. The third kappa shape index (κ3) is 4.55. The molecule has 118 valence electrons. The molecule has 0 aliphatic carbocycles. The Kier molecular flexibility index (Phi) is 5.92. The van der Waals surface area contributed by atoms with Crippen LogP contribution in [0.1, 0.15) is 24.1 Å². The lowest BCUT2D eigenvalue weighted by atomic mass is 9.98. The van der Waals surface area contributed by atoms with Gasteiger partial charge >= 0.3 is 0 Å². The molecule has 2 N–H and O–H groups in total. The Hall–Kier alpha value is -1.91. The van der Waals surface area contributed by atoms with Crippen molar-refractivity contribution < 1.29 is 14.2 Å². The second-order valence-electron chi connectivity index (χ2n) is 5.41. The van der Waals surface area contributed by atoms with Gasteiger partial charge in [-0.3, -0.25) is 0 Å². The Labute approximate surface area is 130 Å². The van der Waals surface area contributed by atoms with Crippen LogP contribution in [0.5, 0.6) is 5.75 Å². The average molecular weight is 303 g/mol. The van der Waals surface area contributed by atoms with E-state index in [1.54, 1.807) is 19.2 Å². The summed E-state index contributed by atoms with van der Waals surface area (Å²) in [4.78, 5) is 0. The van der Waals surface area contributed by atoms with Gasteiger partial charge in [-0.05, 0) is 48.7 Å². The highest BCUT2D eigenvalue weighted by Gasteiger charge is 2.15. The quantitative estimate of drug-likeness (QED) is 0.826. The van der Waals surface area contributed by atoms with E-state index in [9.17, 15) is 9.50 Å². The Bertz CT molecular complexity index is 569. The molecule has 0 radical (unpaired) electrons. The second-order valence-corrected chi connectivity index (χ2v) is 5.41. The van der Waals surface area contributed by atoms with E-state index >= 15 is 0 Å². The summed E-state index contributed by atoms with van der Waals surface area (Å²) in [7, 11) is 1.64. The van der Waals surface area contributed by atoms with Gasteiger partial charge in [0.15, 0.2) is 0 Å². The van der Waals surface area contributed by atoms with E-state index in [1.165, 1.54) is 12.1 Å². The normalized spacial score (nSPS) is 13.6. The van der Waals surface area contributed by atoms with Gasteiger partial charge in [-0.1, -0.05) is 24.3 Å². The molecule has 2 unspecified atom stereocenters. The minimum absolute atomic E-state index is 0.0208. The number of aliphatic hydroxyl groups is 1. The standard InChI is InChI=1S/C18H22FNO2/c1-13(12-21)20-18(11-14-3-7-16(19)8-4-14)15-5-9-17(22-2)10-6-15/h3-10,13,18,20-21H,11-12H2,1-2H3. The number of hydrogen-bond donors (Lipinski definition) is 2. The number of nitrogens with one attached hydrogen (secondary N) is 1. The Balaban J connectivity index is 2.18. The van der Waals surface area contributed by atoms with Crippen molar-refractivity contribution in [2.75, 3.05) is 13.7 Å². The van der Waals surface area contributed by atoms with Crippen LogP contribution in [0.2, 0.25) is 0 Å². The number of rotatable bonds is 7. The molecule has 4 heteroatoms. The fourth-order valence-electron chi connectivity index (χ4n) is 2.36. The van der Waals surface area contributed by atoms with Gasteiger partial charge in [0.05, 0.1) is 13.7 Å². The van der Waals surface area contributed by atoms with E-state index in [4.69, 9.17) is 4.74 Å². The summed E-state index contributed by atoms with van der Waals surface area (Å²) in [6.45, 7) is 2.00. The maximum absolute atomic E-state index is 13.0. The number of methoxy groups -OCH3 is 1. The lowest BCUT2D eigenvalue weighted by Gasteiger charge is -2.23. The number of halogens is 1. The van der Waals surface area contributed by atoms with Gasteiger partial charge < -0.3 is 15.2 Å². The van der Waals surface area contributed by atoms with Crippen molar-refractivity contribution in [2.24, 2.45) is 0 Å². The van der Waals surface area contributed by atoms with Gasteiger partial charge in [0.1, 0.15) is 11.6 Å². The molecule has 0 spiro atoms. The van der Waals surface area contributed by atoms with Crippen LogP contribution in [-0.4, -0.2) is 24.9 Å². The number of aliphatic hydroxyl groups excluding tert-OH is 1. The maximum atomic E-state index is 13.0. The predicted octanol–water partition coefficient (Wildman–Crippen LogP) is 3.09. The van der Waals surface area contributed by atoms with E-state index in [-0.39, 0.29) is 24.5 Å². The average Bonchev–Trinajstić information content (AvgIpc) is 2.56. The van der Waals surface area contributed by atoms with E-state index in [0.717, 1.165) is 23.3 Å². The van der Waals surface area contributed by atoms with Crippen molar-refractivity contribution in [1.82, 2.24) is 5.32 Å². The van der Waals surface area contributed by atoms with Gasteiger partial charge in [-0.25, -0.2) is 4.39 Å². The first-order valence-electron chi connectivity index (χ1n) is 7.37. The molecular weight excluding hydrogens is 281 g/mol. The van der Waals surface area contributed by atoms with Crippen LogP contribution in [0.4, 0.5) is 4.39 Å². The summed E-state index contributed by atoms with van der Waals surface area (Å²) in [5.41, 5.74) is 2.14. The second kappa shape index (κ2) is 7.92.